The fourth-order valence-electron chi connectivity index (χ4n) is 3.28. The van der Waals surface area contributed by atoms with Gasteiger partial charge in [-0.1, -0.05) is 42.5 Å². The van der Waals surface area contributed by atoms with Crippen molar-refractivity contribution in [3.05, 3.63) is 90.5 Å². The number of aryl methyl sites for hydroxylation is 1. The Kier molecular flexibility index (Phi) is 6.41. The Balaban J connectivity index is 1.59. The van der Waals surface area contributed by atoms with Gasteiger partial charge in [0.05, 0.1) is 25.0 Å². The molecule has 0 saturated heterocycles. The summed E-state index contributed by atoms with van der Waals surface area (Å²) in [6.45, 7) is 2.12. The van der Waals surface area contributed by atoms with Crippen LogP contribution in [0.2, 0.25) is 0 Å². The molecule has 0 bridgehead atoms. The van der Waals surface area contributed by atoms with Gasteiger partial charge >= 0.3 is 0 Å². The van der Waals surface area contributed by atoms with Gasteiger partial charge in [0.1, 0.15) is 5.75 Å². The number of nitrogens with one attached hydrogen (secondary N) is 2. The van der Waals surface area contributed by atoms with Crippen LogP contribution in [0.25, 0.3) is 22.5 Å². The van der Waals surface area contributed by atoms with E-state index in [1.165, 1.54) is 0 Å². The fraction of sp³-hybridized carbons (Fsp3) is 0.115. The molecule has 2 N–H and O–H groups in total. The highest BCUT2D eigenvalue weighted by molar-refractivity contribution is 5.92. The minimum Gasteiger partial charge on any atom is -0.497 e. The minimum atomic E-state index is -0.225. The van der Waals surface area contributed by atoms with E-state index in [9.17, 15) is 4.79 Å². The topological polar surface area (TPSA) is 76.1 Å². The molecule has 6 heteroatoms. The summed E-state index contributed by atoms with van der Waals surface area (Å²) in [6.07, 6.45) is 0. The van der Waals surface area contributed by atoms with E-state index in [-0.39, 0.29) is 18.4 Å². The number of aromatic nitrogens is 2. The molecule has 4 aromatic rings. The lowest BCUT2D eigenvalue weighted by Gasteiger charge is -2.11. The van der Waals surface area contributed by atoms with Crippen LogP contribution in [0.15, 0.2) is 84.9 Å². The zero-order valence-electron chi connectivity index (χ0n) is 18.0. The van der Waals surface area contributed by atoms with Crippen molar-refractivity contribution in [3.8, 4) is 28.3 Å². The summed E-state index contributed by atoms with van der Waals surface area (Å²) < 4.78 is 5.25. The molecule has 0 radical (unpaired) electrons. The van der Waals surface area contributed by atoms with Gasteiger partial charge in [0.2, 0.25) is 11.9 Å². The Morgan fingerprint density at radius 2 is 1.53 bits per heavy atom. The van der Waals surface area contributed by atoms with Gasteiger partial charge < -0.3 is 10.1 Å². The highest BCUT2D eigenvalue weighted by Crippen LogP contribution is 2.26. The second-order valence-electron chi connectivity index (χ2n) is 7.33. The summed E-state index contributed by atoms with van der Waals surface area (Å²) in [6, 6.07) is 27.2. The van der Waals surface area contributed by atoms with Gasteiger partial charge in [0.15, 0.2) is 0 Å². The van der Waals surface area contributed by atoms with E-state index < -0.39 is 0 Å². The number of amides is 1. The molecule has 160 valence electrons. The van der Waals surface area contributed by atoms with Gasteiger partial charge in [-0.2, -0.15) is 0 Å². The molecule has 1 amide bonds. The SMILES string of the molecule is COc1ccc(-c2cc(-c3ccccc3)nc(NC(=O)CNc3cccc(C)c3)n2)cc1. The lowest BCUT2D eigenvalue weighted by atomic mass is 10.1. The number of rotatable bonds is 7. The van der Waals surface area contributed by atoms with Crippen LogP contribution in [-0.2, 0) is 4.79 Å². The van der Waals surface area contributed by atoms with Crippen molar-refractivity contribution in [1.82, 2.24) is 9.97 Å². The summed E-state index contributed by atoms with van der Waals surface area (Å²) in [7, 11) is 1.63. The molecule has 0 aliphatic carbocycles. The van der Waals surface area contributed by atoms with Crippen molar-refractivity contribution in [2.45, 2.75) is 6.92 Å². The standard InChI is InChI=1S/C26H24N4O2/c1-18-7-6-10-21(15-18)27-17-25(31)30-26-28-23(19-8-4-3-5-9-19)16-24(29-26)20-11-13-22(32-2)14-12-20/h3-16,27H,17H2,1-2H3,(H,28,29,30,31). The van der Waals surface area contributed by atoms with Gasteiger partial charge in [-0.3, -0.25) is 10.1 Å². The number of carbonyl (C=O) groups excluding carboxylic acids is 1. The summed E-state index contributed by atoms with van der Waals surface area (Å²) >= 11 is 0. The number of methoxy groups -OCH3 is 1. The predicted octanol–water partition coefficient (Wildman–Crippen LogP) is 5.18. The molecule has 0 aliphatic heterocycles. The normalized spacial score (nSPS) is 10.4. The van der Waals surface area contributed by atoms with Gasteiger partial charge in [-0.25, -0.2) is 9.97 Å². The minimum absolute atomic E-state index is 0.111. The Bertz CT molecular complexity index is 1210. The number of benzene rings is 3. The molecular weight excluding hydrogens is 400 g/mol. The lowest BCUT2D eigenvalue weighted by Crippen LogP contribution is -2.23. The summed E-state index contributed by atoms with van der Waals surface area (Å²) in [5.41, 5.74) is 5.30. The van der Waals surface area contributed by atoms with Crippen LogP contribution >= 0.6 is 0 Å². The zero-order valence-corrected chi connectivity index (χ0v) is 18.0. The number of hydrogen-bond acceptors (Lipinski definition) is 5. The first-order valence-corrected chi connectivity index (χ1v) is 10.3. The number of nitrogens with zero attached hydrogens (tertiary/aromatic N) is 2. The van der Waals surface area contributed by atoms with Crippen LogP contribution in [0.3, 0.4) is 0 Å². The maximum atomic E-state index is 12.6. The monoisotopic (exact) mass is 424 g/mol. The predicted molar refractivity (Wildman–Crippen MR) is 128 cm³/mol. The Labute approximate surface area is 187 Å². The Morgan fingerprint density at radius 3 is 2.19 bits per heavy atom. The Hall–Kier alpha value is -4.19. The largest absolute Gasteiger partial charge is 0.497 e. The molecular formula is C26H24N4O2. The first-order valence-electron chi connectivity index (χ1n) is 10.3. The lowest BCUT2D eigenvalue weighted by molar-refractivity contribution is -0.114. The molecule has 0 saturated carbocycles. The van der Waals surface area contributed by atoms with Crippen molar-refractivity contribution in [3.63, 3.8) is 0 Å². The summed E-state index contributed by atoms with van der Waals surface area (Å²) in [4.78, 5) is 21.7. The second kappa shape index (κ2) is 9.75. The van der Waals surface area contributed by atoms with E-state index in [0.717, 1.165) is 33.8 Å². The molecule has 32 heavy (non-hydrogen) atoms. The van der Waals surface area contributed by atoms with Crippen molar-refractivity contribution in [2.75, 3.05) is 24.3 Å². The van der Waals surface area contributed by atoms with E-state index >= 15 is 0 Å². The molecule has 1 heterocycles. The number of hydrogen-bond donors (Lipinski definition) is 2. The molecule has 6 nitrogen and oxygen atoms in total. The van der Waals surface area contributed by atoms with Crippen molar-refractivity contribution in [2.24, 2.45) is 0 Å². The molecule has 1 aromatic heterocycles. The quantitative estimate of drug-likeness (QED) is 0.428. The average molecular weight is 425 g/mol. The van der Waals surface area contributed by atoms with Gasteiger partial charge in [0.25, 0.3) is 0 Å². The van der Waals surface area contributed by atoms with E-state index in [0.29, 0.717) is 5.69 Å². The molecule has 4 rings (SSSR count). The highest BCUT2D eigenvalue weighted by atomic mass is 16.5. The van der Waals surface area contributed by atoms with Crippen LogP contribution in [0.4, 0.5) is 11.6 Å². The highest BCUT2D eigenvalue weighted by Gasteiger charge is 2.11. The van der Waals surface area contributed by atoms with Crippen LogP contribution in [0.5, 0.6) is 5.75 Å². The first-order chi connectivity index (χ1) is 15.6. The van der Waals surface area contributed by atoms with Crippen LogP contribution in [-0.4, -0.2) is 29.5 Å². The van der Waals surface area contributed by atoms with Crippen LogP contribution in [0, 0.1) is 6.92 Å². The third-order valence-corrected chi connectivity index (χ3v) is 4.90. The molecule has 0 fully saturated rings. The molecule has 0 aliphatic rings. The molecule has 0 unspecified atom stereocenters. The summed E-state index contributed by atoms with van der Waals surface area (Å²) in [5.74, 6) is 0.799. The molecule has 0 spiro atoms. The zero-order chi connectivity index (χ0) is 22.3. The van der Waals surface area contributed by atoms with Gasteiger partial charge in [-0.05, 0) is 55.0 Å². The number of anilines is 2. The van der Waals surface area contributed by atoms with Crippen LogP contribution in [0.1, 0.15) is 5.56 Å². The van der Waals surface area contributed by atoms with Gasteiger partial charge in [0, 0.05) is 16.8 Å². The smallest absolute Gasteiger partial charge is 0.246 e. The Morgan fingerprint density at radius 1 is 0.844 bits per heavy atom. The number of carbonyl (C=O) groups is 1. The van der Waals surface area contributed by atoms with Gasteiger partial charge in [-0.15, -0.1) is 0 Å². The van der Waals surface area contributed by atoms with E-state index in [2.05, 4.69) is 20.6 Å². The molecule has 0 atom stereocenters. The van der Waals surface area contributed by atoms with E-state index in [4.69, 9.17) is 4.74 Å². The third-order valence-electron chi connectivity index (χ3n) is 4.90. The third kappa shape index (κ3) is 5.29. The van der Waals surface area contributed by atoms with E-state index in [1.54, 1.807) is 7.11 Å². The maximum Gasteiger partial charge on any atom is 0.246 e. The maximum absolute atomic E-state index is 12.6. The molecule has 3 aromatic carbocycles. The van der Waals surface area contributed by atoms with Crippen molar-refractivity contribution >= 4 is 17.5 Å². The number of ether oxygens (including phenoxy) is 1. The van der Waals surface area contributed by atoms with Crippen LogP contribution < -0.4 is 15.4 Å². The second-order valence-corrected chi connectivity index (χ2v) is 7.33. The average Bonchev–Trinajstić information content (AvgIpc) is 2.83. The summed E-state index contributed by atoms with van der Waals surface area (Å²) in [5, 5.41) is 5.95. The first kappa shape index (κ1) is 21.1. The van der Waals surface area contributed by atoms with E-state index in [1.807, 2.05) is 91.9 Å². The van der Waals surface area contributed by atoms with Crippen molar-refractivity contribution in [1.29, 1.82) is 0 Å². The fourth-order valence-corrected chi connectivity index (χ4v) is 3.28. The van der Waals surface area contributed by atoms with Crippen molar-refractivity contribution < 1.29 is 9.53 Å².